The lowest BCUT2D eigenvalue weighted by Gasteiger charge is -2.28. The first-order valence-corrected chi connectivity index (χ1v) is 8.70. The molecular formula is C12H30Cl2N4O4S. The summed E-state index contributed by atoms with van der Waals surface area (Å²) in [5.74, 6) is 0. The minimum absolute atomic E-state index is 0. The first kappa shape index (κ1) is 25.5. The van der Waals surface area contributed by atoms with Gasteiger partial charge in [-0.3, -0.25) is 4.90 Å². The maximum absolute atomic E-state index is 12.3. The van der Waals surface area contributed by atoms with Crippen molar-refractivity contribution in [3.8, 4) is 0 Å². The molecule has 0 aliphatic carbocycles. The van der Waals surface area contributed by atoms with Gasteiger partial charge in [-0.2, -0.15) is 12.7 Å². The topological polar surface area (TPSA) is 83.1 Å². The zero-order valence-electron chi connectivity index (χ0n) is 13.8. The molecule has 0 aromatic carbocycles. The molecule has 0 bridgehead atoms. The highest BCUT2D eigenvalue weighted by molar-refractivity contribution is 7.87. The van der Waals surface area contributed by atoms with Crippen LogP contribution in [-0.2, 0) is 19.7 Å². The summed E-state index contributed by atoms with van der Waals surface area (Å²) >= 11 is 0. The van der Waals surface area contributed by atoms with E-state index in [1.165, 1.54) is 4.31 Å². The van der Waals surface area contributed by atoms with Crippen LogP contribution in [0.4, 0.5) is 0 Å². The molecular weight excluding hydrogens is 367 g/mol. The van der Waals surface area contributed by atoms with Crippen LogP contribution in [0.15, 0.2) is 0 Å². The highest BCUT2D eigenvalue weighted by Crippen LogP contribution is 1.99. The van der Waals surface area contributed by atoms with Crippen LogP contribution >= 0.6 is 24.8 Å². The number of hydrogen-bond donors (Lipinski definition) is 2. The smallest absolute Gasteiger partial charge is 0.279 e. The van der Waals surface area contributed by atoms with E-state index in [1.807, 2.05) is 0 Å². The molecule has 0 amide bonds. The highest BCUT2D eigenvalue weighted by Gasteiger charge is 2.21. The van der Waals surface area contributed by atoms with E-state index in [4.69, 9.17) is 9.47 Å². The first-order valence-electron chi connectivity index (χ1n) is 7.26. The second kappa shape index (κ2) is 14.6. The third-order valence-electron chi connectivity index (χ3n) is 3.35. The van der Waals surface area contributed by atoms with Crippen molar-refractivity contribution in [3.63, 3.8) is 0 Å². The Bertz CT molecular complexity index is 362. The van der Waals surface area contributed by atoms with Crippen LogP contribution in [0.2, 0.25) is 0 Å². The van der Waals surface area contributed by atoms with E-state index in [2.05, 4.69) is 14.9 Å². The van der Waals surface area contributed by atoms with E-state index >= 15 is 0 Å². The Morgan fingerprint density at radius 1 is 1.09 bits per heavy atom. The van der Waals surface area contributed by atoms with Gasteiger partial charge in [0.1, 0.15) is 0 Å². The summed E-state index contributed by atoms with van der Waals surface area (Å²) < 4.78 is 38.4. The van der Waals surface area contributed by atoms with Gasteiger partial charge in [0.2, 0.25) is 0 Å². The lowest BCUT2D eigenvalue weighted by Crippen LogP contribution is -2.49. The Hall–Kier alpha value is 0.290. The molecule has 11 heteroatoms. The summed E-state index contributed by atoms with van der Waals surface area (Å²) in [5.41, 5.74) is 0. The van der Waals surface area contributed by atoms with E-state index in [0.29, 0.717) is 32.8 Å². The molecule has 0 aromatic rings. The summed E-state index contributed by atoms with van der Waals surface area (Å²) in [4.78, 5) is 2.24. The van der Waals surface area contributed by atoms with Crippen molar-refractivity contribution < 1.29 is 17.9 Å². The number of methoxy groups -OCH3 is 2. The molecule has 8 nitrogen and oxygen atoms in total. The largest absolute Gasteiger partial charge is 0.383 e. The van der Waals surface area contributed by atoms with Crippen LogP contribution in [0.5, 0.6) is 0 Å². The lowest BCUT2D eigenvalue weighted by molar-refractivity contribution is 0.149. The van der Waals surface area contributed by atoms with Crippen molar-refractivity contribution in [3.05, 3.63) is 0 Å². The van der Waals surface area contributed by atoms with Gasteiger partial charge < -0.3 is 14.8 Å². The monoisotopic (exact) mass is 396 g/mol. The zero-order chi connectivity index (χ0) is 15.6. The maximum Gasteiger partial charge on any atom is 0.279 e. The van der Waals surface area contributed by atoms with Crippen molar-refractivity contribution in [2.75, 3.05) is 79.8 Å². The number of nitrogens with one attached hydrogen (secondary N) is 2. The summed E-state index contributed by atoms with van der Waals surface area (Å²) in [7, 11) is -0.378. The molecule has 1 heterocycles. The molecule has 23 heavy (non-hydrogen) atoms. The average molecular weight is 397 g/mol. The number of nitrogens with zero attached hydrogens (tertiary/aromatic N) is 2. The fraction of sp³-hybridized carbons (Fsp3) is 1.00. The molecule has 142 valence electrons. The fourth-order valence-electron chi connectivity index (χ4n) is 2.10. The molecule has 0 spiro atoms. The SMILES string of the molecule is COCCN(CCOC)S(=O)(=O)NCCN1CCNCC1.Cl.Cl. The van der Waals surface area contributed by atoms with Crippen molar-refractivity contribution in [1.29, 1.82) is 0 Å². The summed E-state index contributed by atoms with van der Waals surface area (Å²) in [6.07, 6.45) is 0. The van der Waals surface area contributed by atoms with Crippen LogP contribution in [0.1, 0.15) is 0 Å². The quantitative estimate of drug-likeness (QED) is 0.473. The molecule has 0 radical (unpaired) electrons. The van der Waals surface area contributed by atoms with E-state index in [1.54, 1.807) is 14.2 Å². The predicted octanol–water partition coefficient (Wildman–Crippen LogP) is -0.836. The second-order valence-electron chi connectivity index (χ2n) is 4.88. The summed E-state index contributed by atoms with van der Waals surface area (Å²) in [6.45, 7) is 6.34. The molecule has 0 saturated carbocycles. The number of ether oxygens (including phenoxy) is 2. The standard InChI is InChI=1S/C12H28N4O4S.2ClH/c1-19-11-9-16(10-12-20-2)21(17,18)14-5-8-15-6-3-13-4-7-15;;/h13-14H,3-12H2,1-2H3;2*1H. The first-order chi connectivity index (χ1) is 10.1. The molecule has 1 saturated heterocycles. The predicted molar refractivity (Wildman–Crippen MR) is 96.1 cm³/mol. The fourth-order valence-corrected chi connectivity index (χ4v) is 3.26. The Morgan fingerprint density at radius 2 is 1.61 bits per heavy atom. The molecule has 0 aromatic heterocycles. The second-order valence-corrected chi connectivity index (χ2v) is 6.63. The molecule has 0 unspecified atom stereocenters. The van der Waals surface area contributed by atoms with E-state index < -0.39 is 10.2 Å². The molecule has 1 aliphatic heterocycles. The summed E-state index contributed by atoms with van der Waals surface area (Å²) in [5, 5.41) is 3.27. The minimum atomic E-state index is -3.49. The van der Waals surface area contributed by atoms with Crippen LogP contribution < -0.4 is 10.0 Å². The minimum Gasteiger partial charge on any atom is -0.383 e. The molecule has 1 fully saturated rings. The van der Waals surface area contributed by atoms with Gasteiger partial charge in [-0.15, -0.1) is 24.8 Å². The van der Waals surface area contributed by atoms with Gasteiger partial charge in [-0.25, -0.2) is 4.72 Å². The molecule has 0 atom stereocenters. The number of piperazine rings is 1. The zero-order valence-corrected chi connectivity index (χ0v) is 16.3. The van der Waals surface area contributed by atoms with Gasteiger partial charge in [-0.05, 0) is 0 Å². The molecule has 1 rings (SSSR count). The van der Waals surface area contributed by atoms with E-state index in [0.717, 1.165) is 32.7 Å². The molecule has 1 aliphatic rings. The summed E-state index contributed by atoms with van der Waals surface area (Å²) in [6, 6.07) is 0. The van der Waals surface area contributed by atoms with Crippen LogP contribution in [0, 0.1) is 0 Å². The van der Waals surface area contributed by atoms with Gasteiger partial charge in [0.05, 0.1) is 13.2 Å². The Kier molecular flexibility index (Phi) is 16.2. The highest BCUT2D eigenvalue weighted by atomic mass is 35.5. The van der Waals surface area contributed by atoms with Gasteiger partial charge in [0, 0.05) is 66.6 Å². The number of rotatable bonds is 11. The van der Waals surface area contributed by atoms with Gasteiger partial charge in [0.25, 0.3) is 10.2 Å². The Labute approximate surface area is 152 Å². The van der Waals surface area contributed by atoms with Gasteiger partial charge in [0.15, 0.2) is 0 Å². The third-order valence-corrected chi connectivity index (χ3v) is 4.97. The van der Waals surface area contributed by atoms with Crippen LogP contribution in [-0.4, -0.2) is 97.4 Å². The Balaban J connectivity index is 0. The van der Waals surface area contributed by atoms with Gasteiger partial charge in [-0.1, -0.05) is 0 Å². The van der Waals surface area contributed by atoms with Crippen molar-refractivity contribution in [2.45, 2.75) is 0 Å². The Morgan fingerprint density at radius 3 is 2.09 bits per heavy atom. The number of hydrogen-bond acceptors (Lipinski definition) is 6. The normalized spacial score (nSPS) is 16.0. The third kappa shape index (κ3) is 10.7. The van der Waals surface area contributed by atoms with Crippen LogP contribution in [0.3, 0.4) is 0 Å². The maximum atomic E-state index is 12.3. The lowest BCUT2D eigenvalue weighted by atomic mass is 10.3. The van der Waals surface area contributed by atoms with E-state index in [-0.39, 0.29) is 24.8 Å². The van der Waals surface area contributed by atoms with Crippen molar-refractivity contribution in [1.82, 2.24) is 19.2 Å². The van der Waals surface area contributed by atoms with Crippen molar-refractivity contribution in [2.24, 2.45) is 0 Å². The molecule has 2 N–H and O–H groups in total. The van der Waals surface area contributed by atoms with Gasteiger partial charge >= 0.3 is 0 Å². The van der Waals surface area contributed by atoms with Crippen molar-refractivity contribution >= 4 is 35.0 Å². The van der Waals surface area contributed by atoms with E-state index in [9.17, 15) is 8.42 Å². The average Bonchev–Trinajstić information content (AvgIpc) is 2.48. The number of halogens is 2. The van der Waals surface area contributed by atoms with Crippen LogP contribution in [0.25, 0.3) is 0 Å².